The van der Waals surface area contributed by atoms with Crippen molar-refractivity contribution in [1.82, 2.24) is 15.0 Å². The van der Waals surface area contributed by atoms with Crippen molar-refractivity contribution in [2.24, 2.45) is 0 Å². The van der Waals surface area contributed by atoms with Crippen LogP contribution in [0.25, 0.3) is 33.6 Å². The van der Waals surface area contributed by atoms with Gasteiger partial charge >= 0.3 is 0 Å². The normalized spacial score (nSPS) is 12.0. The molecule has 0 aliphatic rings. The van der Waals surface area contributed by atoms with Gasteiger partial charge in [-0.1, -0.05) is 15.9 Å². The molecule has 0 amide bonds. The van der Waals surface area contributed by atoms with Crippen molar-refractivity contribution < 1.29 is 0 Å². The van der Waals surface area contributed by atoms with Crippen LogP contribution in [0, 0.1) is 25.2 Å². The van der Waals surface area contributed by atoms with Gasteiger partial charge in [0.15, 0.2) is 0 Å². The minimum atomic E-state index is 0.507. The number of benzene rings is 2. The van der Waals surface area contributed by atoms with Crippen molar-refractivity contribution in [3.05, 3.63) is 63.5 Å². The first kappa shape index (κ1) is 15.7. The number of imidazole rings is 1. The highest BCUT2D eigenvalue weighted by Crippen LogP contribution is 2.27. The Hall–Kier alpha value is -2.84. The molecule has 2 N–H and O–H groups in total. The second-order valence-electron chi connectivity index (χ2n) is 6.14. The zero-order valence-electron chi connectivity index (χ0n) is 13.8. The lowest BCUT2D eigenvalue weighted by atomic mass is 10.1. The molecule has 0 unspecified atom stereocenters. The summed E-state index contributed by atoms with van der Waals surface area (Å²) in [4.78, 5) is 11.1. The van der Waals surface area contributed by atoms with E-state index in [1.807, 2.05) is 36.5 Å². The van der Waals surface area contributed by atoms with Gasteiger partial charge in [0.1, 0.15) is 11.9 Å². The summed E-state index contributed by atoms with van der Waals surface area (Å²) in [5.74, 6) is 0.590. The summed E-state index contributed by atoms with van der Waals surface area (Å²) in [5.41, 5.74) is 6.71. The third kappa shape index (κ3) is 2.75. The molecular weight excluding hydrogens is 376 g/mol. The first-order chi connectivity index (χ1) is 12.0. The van der Waals surface area contributed by atoms with Crippen molar-refractivity contribution in [2.75, 3.05) is 0 Å². The highest BCUT2D eigenvalue weighted by molar-refractivity contribution is 9.10. The molecule has 0 aliphatic carbocycles. The number of fused-ring (bicyclic) bond motifs is 2. The third-order valence-electron chi connectivity index (χ3n) is 4.45. The van der Waals surface area contributed by atoms with Crippen LogP contribution in [0.3, 0.4) is 0 Å². The smallest absolute Gasteiger partial charge is 0.149 e. The van der Waals surface area contributed by atoms with Gasteiger partial charge in [-0.15, -0.1) is 0 Å². The average Bonchev–Trinajstić information content (AvgIpc) is 3.16. The molecule has 0 fully saturated rings. The van der Waals surface area contributed by atoms with E-state index in [9.17, 15) is 5.26 Å². The number of nitrogens with one attached hydrogen (secondary N) is 2. The minimum absolute atomic E-state index is 0.507. The van der Waals surface area contributed by atoms with Gasteiger partial charge in [-0.2, -0.15) is 5.26 Å². The zero-order chi connectivity index (χ0) is 17.6. The lowest BCUT2D eigenvalue weighted by Gasteiger charge is -1.97. The molecule has 4 aromatic rings. The minimum Gasteiger partial charge on any atom is -0.361 e. The van der Waals surface area contributed by atoms with Gasteiger partial charge in [-0.25, -0.2) is 4.98 Å². The van der Waals surface area contributed by atoms with Crippen molar-refractivity contribution >= 4 is 49.5 Å². The van der Waals surface area contributed by atoms with Gasteiger partial charge in [0, 0.05) is 27.1 Å². The van der Waals surface area contributed by atoms with E-state index in [1.54, 1.807) is 0 Å². The lowest BCUT2D eigenvalue weighted by Crippen LogP contribution is -1.84. The molecule has 0 aliphatic heterocycles. The molecule has 0 atom stereocenters. The maximum Gasteiger partial charge on any atom is 0.149 e. The summed E-state index contributed by atoms with van der Waals surface area (Å²) in [6, 6.07) is 12.4. The SMILES string of the molecule is Cc1cc2nc(C(C#N)=Cc3c[nH]c4ccc(Br)cc34)[nH]c2cc1C. The molecule has 2 aromatic carbocycles. The molecule has 2 heterocycles. The monoisotopic (exact) mass is 390 g/mol. The number of hydrogen-bond donors (Lipinski definition) is 2. The maximum absolute atomic E-state index is 9.64. The first-order valence-electron chi connectivity index (χ1n) is 7.91. The van der Waals surface area contributed by atoms with E-state index in [-0.39, 0.29) is 0 Å². The molecular formula is C20H15BrN4. The second-order valence-corrected chi connectivity index (χ2v) is 7.06. The standard InChI is InChI=1S/C20H15BrN4/c1-11-5-18-19(6-12(11)2)25-20(24-18)13(9-22)7-14-10-23-17-4-3-15(21)8-16(14)17/h3-8,10,23H,1-2H3,(H,24,25). The van der Waals surface area contributed by atoms with Crippen molar-refractivity contribution in [3.8, 4) is 6.07 Å². The summed E-state index contributed by atoms with van der Waals surface area (Å²) >= 11 is 3.50. The Morgan fingerprint density at radius 2 is 1.96 bits per heavy atom. The Bertz CT molecular complexity index is 1150. The van der Waals surface area contributed by atoms with E-state index >= 15 is 0 Å². The Labute approximate surface area is 153 Å². The molecule has 122 valence electrons. The van der Waals surface area contributed by atoms with E-state index < -0.39 is 0 Å². The van der Waals surface area contributed by atoms with Crippen LogP contribution < -0.4 is 0 Å². The van der Waals surface area contributed by atoms with Gasteiger partial charge < -0.3 is 9.97 Å². The molecule has 4 rings (SSSR count). The van der Waals surface area contributed by atoms with Crippen LogP contribution in [0.15, 0.2) is 41.0 Å². The molecule has 25 heavy (non-hydrogen) atoms. The number of aromatic amines is 2. The van der Waals surface area contributed by atoms with E-state index in [1.165, 1.54) is 11.1 Å². The fourth-order valence-corrected chi connectivity index (χ4v) is 3.30. The average molecular weight is 391 g/mol. The molecule has 0 bridgehead atoms. The summed E-state index contributed by atoms with van der Waals surface area (Å²) in [7, 11) is 0. The zero-order valence-corrected chi connectivity index (χ0v) is 15.4. The Morgan fingerprint density at radius 1 is 1.16 bits per heavy atom. The van der Waals surface area contributed by atoms with Crippen molar-refractivity contribution in [3.63, 3.8) is 0 Å². The molecule has 0 spiro atoms. The van der Waals surface area contributed by atoms with Crippen LogP contribution in [0.1, 0.15) is 22.5 Å². The van der Waals surface area contributed by atoms with E-state index in [0.29, 0.717) is 11.4 Å². The van der Waals surface area contributed by atoms with Crippen LogP contribution in [0.4, 0.5) is 0 Å². The number of nitriles is 1. The van der Waals surface area contributed by atoms with E-state index in [2.05, 4.69) is 56.9 Å². The second kappa shape index (κ2) is 5.91. The largest absolute Gasteiger partial charge is 0.361 e. The third-order valence-corrected chi connectivity index (χ3v) is 4.94. The molecule has 0 saturated carbocycles. The molecule has 0 saturated heterocycles. The highest BCUT2D eigenvalue weighted by atomic mass is 79.9. The van der Waals surface area contributed by atoms with Gasteiger partial charge in [0.05, 0.1) is 16.6 Å². The van der Waals surface area contributed by atoms with Crippen LogP contribution >= 0.6 is 15.9 Å². The molecule has 0 radical (unpaired) electrons. The predicted molar refractivity (Wildman–Crippen MR) is 105 cm³/mol. The van der Waals surface area contributed by atoms with E-state index in [4.69, 9.17) is 0 Å². The highest BCUT2D eigenvalue weighted by Gasteiger charge is 2.11. The van der Waals surface area contributed by atoms with Gasteiger partial charge in [0.2, 0.25) is 0 Å². The van der Waals surface area contributed by atoms with Crippen molar-refractivity contribution in [1.29, 1.82) is 5.26 Å². The fourth-order valence-electron chi connectivity index (χ4n) is 2.94. The predicted octanol–water partition coefficient (Wildman–Crippen LogP) is 5.49. The quantitative estimate of drug-likeness (QED) is 0.444. The summed E-state index contributed by atoms with van der Waals surface area (Å²) in [6.45, 7) is 4.13. The van der Waals surface area contributed by atoms with Crippen LogP contribution in [0.2, 0.25) is 0 Å². The van der Waals surface area contributed by atoms with E-state index in [0.717, 1.165) is 32.0 Å². The topological polar surface area (TPSA) is 68.3 Å². The Morgan fingerprint density at radius 3 is 2.76 bits per heavy atom. The summed E-state index contributed by atoms with van der Waals surface area (Å²) in [6.07, 6.45) is 3.77. The number of halogens is 1. The van der Waals surface area contributed by atoms with Crippen LogP contribution in [0.5, 0.6) is 0 Å². The summed E-state index contributed by atoms with van der Waals surface area (Å²) < 4.78 is 1.00. The van der Waals surface area contributed by atoms with Crippen molar-refractivity contribution in [2.45, 2.75) is 13.8 Å². The number of allylic oxidation sites excluding steroid dienone is 1. The maximum atomic E-state index is 9.64. The molecule has 5 heteroatoms. The number of rotatable bonds is 2. The van der Waals surface area contributed by atoms with Gasteiger partial charge in [-0.3, -0.25) is 0 Å². The van der Waals surface area contributed by atoms with Gasteiger partial charge in [0.25, 0.3) is 0 Å². The first-order valence-corrected chi connectivity index (χ1v) is 8.70. The Balaban J connectivity index is 1.85. The number of aryl methyl sites for hydroxylation is 2. The fraction of sp³-hybridized carbons (Fsp3) is 0.100. The number of H-pyrrole nitrogens is 2. The van der Waals surface area contributed by atoms with Gasteiger partial charge in [-0.05, 0) is 61.4 Å². The van der Waals surface area contributed by atoms with Crippen LogP contribution in [-0.4, -0.2) is 15.0 Å². The molecule has 4 nitrogen and oxygen atoms in total. The lowest BCUT2D eigenvalue weighted by molar-refractivity contribution is 1.27. The number of hydrogen-bond acceptors (Lipinski definition) is 2. The number of aromatic nitrogens is 3. The Kier molecular flexibility index (Phi) is 3.70. The van der Waals surface area contributed by atoms with Crippen LogP contribution in [-0.2, 0) is 0 Å². The molecule has 2 aromatic heterocycles. The number of nitrogens with zero attached hydrogens (tertiary/aromatic N) is 2. The summed E-state index contributed by atoms with van der Waals surface area (Å²) in [5, 5.41) is 10.7.